The molecule has 0 amide bonds. The van der Waals surface area contributed by atoms with Crippen LogP contribution in [-0.2, 0) is 18.6 Å². The summed E-state index contributed by atoms with van der Waals surface area (Å²) in [6.45, 7) is 4.05. The molecule has 0 aromatic rings. The average molecular weight is 432 g/mol. The van der Waals surface area contributed by atoms with E-state index in [2.05, 4.69) is 47.9 Å². The van der Waals surface area contributed by atoms with Crippen molar-refractivity contribution in [3.05, 3.63) is 36.5 Å². The number of aliphatic hydroxyl groups excluding tert-OH is 1. The Morgan fingerprint density at radius 1 is 0.966 bits per heavy atom. The lowest BCUT2D eigenvalue weighted by Gasteiger charge is -2.22. The van der Waals surface area contributed by atoms with E-state index in [9.17, 15) is 14.5 Å². The molecular weight excluding hydrogens is 395 g/mol. The summed E-state index contributed by atoms with van der Waals surface area (Å²) >= 11 is 0. The maximum Gasteiger partial charge on any atom is 0.469 e. The van der Waals surface area contributed by atoms with Crippen LogP contribution in [0.15, 0.2) is 36.5 Å². The average Bonchev–Trinajstić information content (AvgIpc) is 2.67. The highest BCUT2D eigenvalue weighted by molar-refractivity contribution is 7.46. The second-order valence-electron chi connectivity index (χ2n) is 6.68. The number of aliphatic hydroxyl groups is 1. The highest BCUT2D eigenvalue weighted by atomic mass is 31.2. The first-order valence-electron chi connectivity index (χ1n) is 10.3. The predicted octanol–water partition coefficient (Wildman–Crippen LogP) is 4.59. The molecular formula is C21H37O7P. The molecule has 0 saturated heterocycles. The summed E-state index contributed by atoms with van der Waals surface area (Å²) in [5.41, 5.74) is 0. The lowest BCUT2D eigenvalue weighted by Crippen LogP contribution is -2.37. The van der Waals surface area contributed by atoms with E-state index in [1.165, 1.54) is 0 Å². The number of phosphoric acid groups is 1. The van der Waals surface area contributed by atoms with Crippen molar-refractivity contribution in [1.29, 1.82) is 0 Å². The second kappa shape index (κ2) is 17.6. The lowest BCUT2D eigenvalue weighted by atomic mass is 10.0. The van der Waals surface area contributed by atoms with Crippen molar-refractivity contribution in [3.63, 3.8) is 0 Å². The van der Waals surface area contributed by atoms with Gasteiger partial charge in [-0.1, -0.05) is 63.1 Å². The summed E-state index contributed by atoms with van der Waals surface area (Å²) in [4.78, 5) is 29.8. The van der Waals surface area contributed by atoms with E-state index in [1.54, 1.807) is 6.92 Å². The van der Waals surface area contributed by atoms with Crippen LogP contribution in [0.4, 0.5) is 0 Å². The molecule has 7 nitrogen and oxygen atoms in total. The Labute approximate surface area is 174 Å². The molecule has 0 rings (SSSR count). The van der Waals surface area contributed by atoms with Crippen LogP contribution in [-0.4, -0.2) is 39.7 Å². The Morgan fingerprint density at radius 2 is 1.59 bits per heavy atom. The second-order valence-corrected chi connectivity index (χ2v) is 7.87. The zero-order valence-corrected chi connectivity index (χ0v) is 18.5. The lowest BCUT2D eigenvalue weighted by molar-refractivity contribution is -0.159. The van der Waals surface area contributed by atoms with Crippen LogP contribution < -0.4 is 0 Å². The minimum absolute atomic E-state index is 0.134. The van der Waals surface area contributed by atoms with Crippen molar-refractivity contribution < 1.29 is 33.5 Å². The summed E-state index contributed by atoms with van der Waals surface area (Å²) < 4.78 is 20.5. The van der Waals surface area contributed by atoms with Gasteiger partial charge in [0.2, 0.25) is 0 Å². The number of unbranched alkanes of at least 4 members (excludes halogenated alkanes) is 3. The number of hydrogen-bond acceptors (Lipinski definition) is 5. The summed E-state index contributed by atoms with van der Waals surface area (Å²) in [6.07, 6.45) is 16.6. The minimum Gasteiger partial charge on any atom is -0.464 e. The van der Waals surface area contributed by atoms with Crippen molar-refractivity contribution in [3.8, 4) is 0 Å². The number of carbonyl (C=O) groups excluding carboxylic acids is 1. The first kappa shape index (κ1) is 27.8. The van der Waals surface area contributed by atoms with Crippen LogP contribution in [0, 0.1) is 0 Å². The van der Waals surface area contributed by atoms with Gasteiger partial charge in [0.15, 0.2) is 6.10 Å². The third-order valence-corrected chi connectivity index (χ3v) is 4.50. The zero-order valence-electron chi connectivity index (χ0n) is 17.6. The molecule has 0 heterocycles. The molecule has 0 aromatic heterocycles. The fraction of sp³-hybridized carbons (Fsp3) is 0.667. The number of ether oxygens (including phenoxy) is 1. The molecule has 0 aliphatic carbocycles. The normalized spacial score (nSPS) is 14.8. The largest absolute Gasteiger partial charge is 0.469 e. The Kier molecular flexibility index (Phi) is 16.9. The molecule has 0 saturated carbocycles. The van der Waals surface area contributed by atoms with Gasteiger partial charge in [-0.2, -0.15) is 0 Å². The smallest absolute Gasteiger partial charge is 0.464 e. The van der Waals surface area contributed by atoms with E-state index in [-0.39, 0.29) is 13.0 Å². The topological polar surface area (TPSA) is 113 Å². The Morgan fingerprint density at radius 3 is 2.17 bits per heavy atom. The highest BCUT2D eigenvalue weighted by Gasteiger charge is 2.33. The SMILES string of the molecule is CC/C=C\C/C=C\C/C=C\CCCCCC(OP(=O)(O)O)C(O)C(=O)OCCC. The number of carbonyl (C=O) groups is 1. The minimum atomic E-state index is -4.82. The van der Waals surface area contributed by atoms with E-state index >= 15 is 0 Å². The molecule has 2 atom stereocenters. The van der Waals surface area contributed by atoms with Gasteiger partial charge < -0.3 is 19.6 Å². The maximum absolute atomic E-state index is 11.7. The number of rotatable bonds is 17. The molecule has 0 bridgehead atoms. The number of phosphoric ester groups is 1. The monoisotopic (exact) mass is 432 g/mol. The molecule has 0 aliphatic heterocycles. The highest BCUT2D eigenvalue weighted by Crippen LogP contribution is 2.39. The number of allylic oxidation sites excluding steroid dienone is 6. The van der Waals surface area contributed by atoms with Gasteiger partial charge in [-0.15, -0.1) is 0 Å². The number of esters is 1. The van der Waals surface area contributed by atoms with Crippen molar-refractivity contribution in [2.45, 2.75) is 83.8 Å². The van der Waals surface area contributed by atoms with Crippen LogP contribution >= 0.6 is 7.82 Å². The van der Waals surface area contributed by atoms with Crippen molar-refractivity contribution >= 4 is 13.8 Å². The molecule has 8 heteroatoms. The summed E-state index contributed by atoms with van der Waals surface area (Å²) in [5, 5.41) is 9.99. The molecule has 168 valence electrons. The van der Waals surface area contributed by atoms with Crippen molar-refractivity contribution in [2.24, 2.45) is 0 Å². The van der Waals surface area contributed by atoms with Gasteiger partial charge in [-0.3, -0.25) is 4.52 Å². The van der Waals surface area contributed by atoms with E-state index < -0.39 is 26.0 Å². The van der Waals surface area contributed by atoms with Crippen LogP contribution in [0.1, 0.15) is 71.6 Å². The van der Waals surface area contributed by atoms with Crippen LogP contribution in [0.25, 0.3) is 0 Å². The van der Waals surface area contributed by atoms with Gasteiger partial charge in [0, 0.05) is 0 Å². The predicted molar refractivity (Wildman–Crippen MR) is 114 cm³/mol. The molecule has 3 N–H and O–H groups in total. The van der Waals surface area contributed by atoms with E-state index in [0.29, 0.717) is 12.8 Å². The number of hydrogen-bond donors (Lipinski definition) is 3. The Bertz CT molecular complexity index is 551. The van der Waals surface area contributed by atoms with Gasteiger partial charge in [0.25, 0.3) is 0 Å². The molecule has 0 aliphatic rings. The van der Waals surface area contributed by atoms with Crippen molar-refractivity contribution in [2.75, 3.05) is 6.61 Å². The first-order chi connectivity index (χ1) is 13.8. The first-order valence-corrected chi connectivity index (χ1v) is 11.9. The van der Waals surface area contributed by atoms with Gasteiger partial charge in [0.1, 0.15) is 6.10 Å². The van der Waals surface area contributed by atoms with Crippen molar-refractivity contribution in [1.82, 2.24) is 0 Å². The van der Waals surface area contributed by atoms with Gasteiger partial charge in [-0.05, 0) is 44.9 Å². The fourth-order valence-electron chi connectivity index (χ4n) is 2.50. The summed E-state index contributed by atoms with van der Waals surface area (Å²) in [6, 6.07) is 0. The van der Waals surface area contributed by atoms with E-state index in [4.69, 9.17) is 14.5 Å². The van der Waals surface area contributed by atoms with E-state index in [1.807, 2.05) is 0 Å². The molecule has 0 aromatic carbocycles. The molecule has 0 spiro atoms. The zero-order chi connectivity index (χ0) is 22.0. The summed E-state index contributed by atoms with van der Waals surface area (Å²) in [7, 11) is -4.82. The van der Waals surface area contributed by atoms with Crippen LogP contribution in [0.2, 0.25) is 0 Å². The molecule has 0 fully saturated rings. The molecule has 0 radical (unpaired) electrons. The third kappa shape index (κ3) is 17.3. The standard InChI is InChI=1S/C21H37O7P/c1-3-5-6-7-8-9-10-11-12-13-14-15-16-17-19(28-29(24,25)26)20(22)21(23)27-18-4-2/h5-6,8-9,11-12,19-20,22H,3-4,7,10,13-18H2,1-2H3,(H2,24,25,26)/b6-5-,9-8-,12-11-. The maximum atomic E-state index is 11.7. The third-order valence-electron chi connectivity index (χ3n) is 3.95. The van der Waals surface area contributed by atoms with Crippen LogP contribution in [0.5, 0.6) is 0 Å². The fourth-order valence-corrected chi connectivity index (χ4v) is 3.07. The van der Waals surface area contributed by atoms with Gasteiger partial charge >= 0.3 is 13.8 Å². The van der Waals surface area contributed by atoms with Gasteiger partial charge in [0.05, 0.1) is 6.61 Å². The summed E-state index contributed by atoms with van der Waals surface area (Å²) in [5.74, 6) is -0.925. The quantitative estimate of drug-likeness (QED) is 0.133. The van der Waals surface area contributed by atoms with Crippen LogP contribution in [0.3, 0.4) is 0 Å². The molecule has 2 unspecified atom stereocenters. The Hall–Kier alpha value is -1.24. The van der Waals surface area contributed by atoms with Gasteiger partial charge in [-0.25, -0.2) is 9.36 Å². The van der Waals surface area contributed by atoms with E-state index in [0.717, 1.165) is 38.5 Å². The molecule has 29 heavy (non-hydrogen) atoms. The Balaban J connectivity index is 4.15.